The van der Waals surface area contributed by atoms with Crippen molar-refractivity contribution in [3.8, 4) is 5.75 Å². The molecule has 0 bridgehead atoms. The second kappa shape index (κ2) is 14.2. The summed E-state index contributed by atoms with van der Waals surface area (Å²) in [5, 5.41) is 12.3. The maximum atomic E-state index is 13.6. The summed E-state index contributed by atoms with van der Waals surface area (Å²) in [6.07, 6.45) is -3.74. The van der Waals surface area contributed by atoms with Crippen molar-refractivity contribution in [3.05, 3.63) is 136 Å². The van der Waals surface area contributed by atoms with Crippen molar-refractivity contribution in [3.63, 3.8) is 0 Å². The first-order chi connectivity index (χ1) is 19.7. The molecule has 8 heteroatoms. The van der Waals surface area contributed by atoms with Gasteiger partial charge in [0.15, 0.2) is 0 Å². The number of carboxylic acid groups (broad SMARTS) is 1. The minimum atomic E-state index is -4.55. The van der Waals surface area contributed by atoms with Gasteiger partial charge in [-0.05, 0) is 59.8 Å². The van der Waals surface area contributed by atoms with Crippen LogP contribution in [0, 0.1) is 0 Å². The van der Waals surface area contributed by atoms with Crippen molar-refractivity contribution in [1.82, 2.24) is 5.32 Å². The number of hydrogen-bond donors (Lipinski definition) is 2. The lowest BCUT2D eigenvalue weighted by Gasteiger charge is -2.30. The molecule has 1 unspecified atom stereocenters. The molecule has 2 N–H and O–H groups in total. The molecule has 0 aromatic heterocycles. The Hall–Kier alpha value is -3.81. The number of aliphatic carboxylic acids is 1. The van der Waals surface area contributed by atoms with Crippen LogP contribution < -0.4 is 10.1 Å². The Kier molecular flexibility index (Phi) is 10.4. The van der Waals surface area contributed by atoms with Gasteiger partial charge >= 0.3 is 12.1 Å². The summed E-state index contributed by atoms with van der Waals surface area (Å²) in [6, 6.07) is 30.5. The molecular formula is C33H31ClF3NO3. The van der Waals surface area contributed by atoms with Crippen LogP contribution in [0.25, 0.3) is 0 Å². The number of carboxylic acids is 1. The predicted octanol–water partition coefficient (Wildman–Crippen LogP) is 7.79. The Labute approximate surface area is 242 Å². The Bertz CT molecular complexity index is 1370. The van der Waals surface area contributed by atoms with Crippen LogP contribution in [0.4, 0.5) is 13.2 Å². The second-order valence-corrected chi connectivity index (χ2v) is 10.1. The van der Waals surface area contributed by atoms with E-state index in [0.29, 0.717) is 36.4 Å². The normalized spacial score (nSPS) is 12.3. The summed E-state index contributed by atoms with van der Waals surface area (Å²) in [4.78, 5) is 11.0. The number of alkyl halides is 3. The van der Waals surface area contributed by atoms with E-state index in [1.807, 2.05) is 60.7 Å². The molecule has 1 atom stereocenters. The Balaban J connectivity index is 1.55. The van der Waals surface area contributed by atoms with Crippen molar-refractivity contribution in [2.75, 3.05) is 13.2 Å². The molecule has 0 saturated carbocycles. The van der Waals surface area contributed by atoms with Crippen LogP contribution in [0.1, 0.15) is 40.2 Å². The summed E-state index contributed by atoms with van der Waals surface area (Å²) < 4.78 is 46.7. The van der Waals surface area contributed by atoms with Gasteiger partial charge in [0.1, 0.15) is 5.75 Å². The summed E-state index contributed by atoms with van der Waals surface area (Å²) in [5.74, 6) is -0.483. The van der Waals surface area contributed by atoms with E-state index in [9.17, 15) is 18.0 Å². The topological polar surface area (TPSA) is 58.6 Å². The zero-order valence-electron chi connectivity index (χ0n) is 22.3. The van der Waals surface area contributed by atoms with Crippen molar-refractivity contribution in [2.45, 2.75) is 37.4 Å². The van der Waals surface area contributed by atoms with Crippen LogP contribution in [0.15, 0.2) is 103 Å². The molecule has 41 heavy (non-hydrogen) atoms. The van der Waals surface area contributed by atoms with Gasteiger partial charge in [0.25, 0.3) is 0 Å². The predicted molar refractivity (Wildman–Crippen MR) is 155 cm³/mol. The molecule has 4 aromatic rings. The van der Waals surface area contributed by atoms with Crippen LogP contribution in [0.3, 0.4) is 0 Å². The third kappa shape index (κ3) is 8.59. The van der Waals surface area contributed by atoms with Gasteiger partial charge in [0.2, 0.25) is 0 Å². The smallest absolute Gasteiger partial charge is 0.417 e. The van der Waals surface area contributed by atoms with E-state index in [1.165, 1.54) is 6.07 Å². The number of rotatable bonds is 13. The van der Waals surface area contributed by atoms with Gasteiger partial charge in [-0.25, -0.2) is 0 Å². The zero-order valence-corrected chi connectivity index (χ0v) is 23.0. The lowest BCUT2D eigenvalue weighted by molar-refractivity contribution is -0.138. The quantitative estimate of drug-likeness (QED) is 0.158. The number of hydrogen-bond acceptors (Lipinski definition) is 3. The number of benzene rings is 4. The summed E-state index contributed by atoms with van der Waals surface area (Å²) in [7, 11) is 0. The van der Waals surface area contributed by atoms with E-state index in [2.05, 4.69) is 5.32 Å². The summed E-state index contributed by atoms with van der Waals surface area (Å²) in [6.45, 7) is 0.911. The Morgan fingerprint density at radius 2 is 1.51 bits per heavy atom. The molecule has 0 saturated heterocycles. The van der Waals surface area contributed by atoms with Crippen LogP contribution in [0.2, 0.25) is 5.02 Å². The largest absolute Gasteiger partial charge is 0.494 e. The second-order valence-electron chi connectivity index (χ2n) is 9.76. The number of nitrogens with one attached hydrogen (secondary N) is 1. The third-order valence-corrected chi connectivity index (χ3v) is 7.24. The van der Waals surface area contributed by atoms with Gasteiger partial charge in [-0.15, -0.1) is 0 Å². The fourth-order valence-electron chi connectivity index (χ4n) is 4.95. The lowest BCUT2D eigenvalue weighted by Crippen LogP contribution is -2.38. The minimum absolute atomic E-state index is 0.0844. The highest BCUT2D eigenvalue weighted by molar-refractivity contribution is 6.32. The first-order valence-electron chi connectivity index (χ1n) is 13.3. The highest BCUT2D eigenvalue weighted by Gasteiger charge is 2.34. The van der Waals surface area contributed by atoms with Crippen LogP contribution in [0.5, 0.6) is 5.75 Å². The van der Waals surface area contributed by atoms with Crippen molar-refractivity contribution >= 4 is 17.6 Å². The molecule has 0 heterocycles. The number of ether oxygens (including phenoxy) is 1. The molecule has 0 aliphatic heterocycles. The summed E-state index contributed by atoms with van der Waals surface area (Å²) in [5.41, 5.74) is 2.29. The SMILES string of the molecule is O=C(O)Cc1cccc(OCCCNC(Cc2cccc(C(F)(F)F)c2Cl)C(c2ccccc2)c2ccccc2)c1. The fourth-order valence-corrected chi connectivity index (χ4v) is 5.26. The molecule has 4 nitrogen and oxygen atoms in total. The fraction of sp³-hybridized carbons (Fsp3) is 0.242. The molecule has 0 aliphatic carbocycles. The standard InChI is InChI=1S/C33H31ClF3NO3/c34-32-26(15-8-17-28(32)33(35,36)37)22-29(31(24-11-3-1-4-12-24)25-13-5-2-6-14-25)38-18-9-19-41-27-16-7-10-23(20-27)21-30(39)40/h1-8,10-17,20,29,31,38H,9,18-19,21-22H2,(H,39,40). The van der Waals surface area contributed by atoms with Gasteiger partial charge in [0, 0.05) is 12.0 Å². The molecule has 4 aromatic carbocycles. The highest BCUT2D eigenvalue weighted by atomic mass is 35.5. The Morgan fingerprint density at radius 3 is 2.12 bits per heavy atom. The van der Waals surface area contributed by atoms with E-state index in [-0.39, 0.29) is 29.8 Å². The molecular weight excluding hydrogens is 551 g/mol. The lowest BCUT2D eigenvalue weighted by atomic mass is 9.82. The monoisotopic (exact) mass is 581 g/mol. The highest BCUT2D eigenvalue weighted by Crippen LogP contribution is 2.38. The van der Waals surface area contributed by atoms with Gasteiger partial charge in [-0.1, -0.05) is 96.5 Å². The molecule has 0 spiro atoms. The minimum Gasteiger partial charge on any atom is -0.494 e. The molecule has 4 rings (SSSR count). The summed E-state index contributed by atoms with van der Waals surface area (Å²) >= 11 is 6.33. The van der Waals surface area contributed by atoms with E-state index in [0.717, 1.165) is 17.2 Å². The van der Waals surface area contributed by atoms with Crippen molar-refractivity contribution < 1.29 is 27.8 Å². The maximum absolute atomic E-state index is 13.6. The van der Waals surface area contributed by atoms with Gasteiger partial charge < -0.3 is 15.2 Å². The van der Waals surface area contributed by atoms with Crippen LogP contribution >= 0.6 is 11.6 Å². The third-order valence-electron chi connectivity index (χ3n) is 6.79. The number of halogens is 4. The van der Waals surface area contributed by atoms with Gasteiger partial charge in [0.05, 0.1) is 23.6 Å². The van der Waals surface area contributed by atoms with Crippen LogP contribution in [-0.4, -0.2) is 30.3 Å². The van der Waals surface area contributed by atoms with Gasteiger partial charge in [-0.2, -0.15) is 13.2 Å². The van der Waals surface area contributed by atoms with Crippen molar-refractivity contribution in [1.29, 1.82) is 0 Å². The average Bonchev–Trinajstić information content (AvgIpc) is 2.94. The average molecular weight is 582 g/mol. The van der Waals surface area contributed by atoms with Crippen LogP contribution in [-0.2, 0) is 23.8 Å². The molecule has 0 radical (unpaired) electrons. The molecule has 0 aliphatic rings. The number of carbonyl (C=O) groups is 1. The first kappa shape index (κ1) is 30.2. The Morgan fingerprint density at radius 1 is 0.878 bits per heavy atom. The van der Waals surface area contributed by atoms with Crippen molar-refractivity contribution in [2.24, 2.45) is 0 Å². The van der Waals surface area contributed by atoms with E-state index >= 15 is 0 Å². The maximum Gasteiger partial charge on any atom is 0.417 e. The van der Waals surface area contributed by atoms with Gasteiger partial charge in [-0.3, -0.25) is 4.79 Å². The first-order valence-corrected chi connectivity index (χ1v) is 13.7. The van der Waals surface area contributed by atoms with E-state index in [1.54, 1.807) is 30.3 Å². The molecule has 0 amide bonds. The van der Waals surface area contributed by atoms with E-state index < -0.39 is 17.7 Å². The molecule has 0 fully saturated rings. The molecule has 214 valence electrons. The zero-order chi connectivity index (χ0) is 29.2. The van der Waals surface area contributed by atoms with E-state index in [4.69, 9.17) is 21.4 Å².